The smallest absolute Gasteiger partial charge is 0.331 e. The van der Waals surface area contributed by atoms with Crippen molar-refractivity contribution in [2.24, 2.45) is 0 Å². The average Bonchev–Trinajstić information content (AvgIpc) is 2.54. The number of rotatable bonds is 5. The maximum absolute atomic E-state index is 13.6. The van der Waals surface area contributed by atoms with Crippen LogP contribution < -0.4 is 5.32 Å². The van der Waals surface area contributed by atoms with Gasteiger partial charge in [-0.2, -0.15) is 0 Å². The number of esters is 1. The Morgan fingerprint density at radius 3 is 2.64 bits per heavy atom. The van der Waals surface area contributed by atoms with Crippen molar-refractivity contribution in [1.29, 1.82) is 0 Å². The summed E-state index contributed by atoms with van der Waals surface area (Å²) in [4.78, 5) is 23.9. The van der Waals surface area contributed by atoms with Gasteiger partial charge in [0.15, 0.2) is 6.10 Å². The van der Waals surface area contributed by atoms with E-state index in [4.69, 9.17) is 16.3 Å². The molecule has 0 saturated carbocycles. The fourth-order valence-corrected chi connectivity index (χ4v) is 2.28. The standard InChI is InChI=1S/C19H17ClFNO3/c1-12-5-3-6-14(11-12)22-19(24)13(2)25-18(23)10-9-15-16(20)7-4-8-17(15)21/h3-11,13H,1-2H3,(H,22,24)/b10-9+/t13-/m0/s1. The molecular formula is C19H17ClFNO3. The maximum atomic E-state index is 13.6. The van der Waals surface area contributed by atoms with Gasteiger partial charge in [0.25, 0.3) is 5.91 Å². The monoisotopic (exact) mass is 361 g/mol. The van der Waals surface area contributed by atoms with E-state index in [0.717, 1.165) is 11.6 Å². The van der Waals surface area contributed by atoms with Crippen LogP contribution >= 0.6 is 11.6 Å². The molecule has 0 aliphatic carbocycles. The number of aryl methyl sites for hydroxylation is 1. The van der Waals surface area contributed by atoms with Gasteiger partial charge < -0.3 is 10.1 Å². The topological polar surface area (TPSA) is 55.4 Å². The normalized spacial score (nSPS) is 12.0. The van der Waals surface area contributed by atoms with E-state index in [1.807, 2.05) is 19.1 Å². The molecule has 130 valence electrons. The molecule has 0 aliphatic heterocycles. The zero-order valence-corrected chi connectivity index (χ0v) is 14.5. The Kier molecular flexibility index (Phi) is 6.31. The van der Waals surface area contributed by atoms with Crippen LogP contribution in [-0.4, -0.2) is 18.0 Å². The summed E-state index contributed by atoms with van der Waals surface area (Å²) in [7, 11) is 0. The number of anilines is 1. The highest BCUT2D eigenvalue weighted by molar-refractivity contribution is 6.32. The first-order valence-electron chi connectivity index (χ1n) is 7.57. The molecule has 1 N–H and O–H groups in total. The van der Waals surface area contributed by atoms with E-state index in [-0.39, 0.29) is 10.6 Å². The Morgan fingerprint density at radius 1 is 1.24 bits per heavy atom. The van der Waals surface area contributed by atoms with Crippen LogP contribution in [0, 0.1) is 12.7 Å². The number of benzene rings is 2. The van der Waals surface area contributed by atoms with Crippen molar-refractivity contribution in [3.8, 4) is 0 Å². The fraction of sp³-hybridized carbons (Fsp3) is 0.158. The quantitative estimate of drug-likeness (QED) is 0.635. The number of amides is 1. The van der Waals surface area contributed by atoms with E-state index >= 15 is 0 Å². The summed E-state index contributed by atoms with van der Waals surface area (Å²) in [5, 5.41) is 2.83. The van der Waals surface area contributed by atoms with E-state index in [9.17, 15) is 14.0 Å². The van der Waals surface area contributed by atoms with Crippen LogP contribution in [0.5, 0.6) is 0 Å². The number of halogens is 2. The van der Waals surface area contributed by atoms with Crippen LogP contribution in [0.4, 0.5) is 10.1 Å². The van der Waals surface area contributed by atoms with Gasteiger partial charge in [-0.05, 0) is 49.8 Å². The Morgan fingerprint density at radius 2 is 1.96 bits per heavy atom. The van der Waals surface area contributed by atoms with E-state index < -0.39 is 23.8 Å². The third-order valence-corrected chi connectivity index (χ3v) is 3.66. The van der Waals surface area contributed by atoms with Crippen molar-refractivity contribution in [3.05, 3.63) is 70.5 Å². The first-order chi connectivity index (χ1) is 11.9. The third-order valence-electron chi connectivity index (χ3n) is 3.33. The molecule has 1 atom stereocenters. The second-order valence-electron chi connectivity index (χ2n) is 5.41. The molecule has 2 aromatic rings. The minimum Gasteiger partial charge on any atom is -0.449 e. The number of hydrogen-bond donors (Lipinski definition) is 1. The number of carbonyl (C=O) groups excluding carboxylic acids is 2. The van der Waals surface area contributed by atoms with Crippen molar-refractivity contribution in [1.82, 2.24) is 0 Å². The molecule has 0 unspecified atom stereocenters. The second kappa shape index (κ2) is 8.44. The van der Waals surface area contributed by atoms with Gasteiger partial charge in [0.2, 0.25) is 0 Å². The number of carbonyl (C=O) groups is 2. The first-order valence-corrected chi connectivity index (χ1v) is 7.95. The van der Waals surface area contributed by atoms with Gasteiger partial charge in [0.05, 0.1) is 5.02 Å². The van der Waals surface area contributed by atoms with Crippen LogP contribution in [0.25, 0.3) is 6.08 Å². The summed E-state index contributed by atoms with van der Waals surface area (Å²) in [5.41, 5.74) is 1.69. The molecule has 0 saturated heterocycles. The lowest BCUT2D eigenvalue weighted by Crippen LogP contribution is -2.29. The van der Waals surface area contributed by atoms with E-state index in [2.05, 4.69) is 5.32 Å². The van der Waals surface area contributed by atoms with E-state index in [0.29, 0.717) is 5.69 Å². The van der Waals surface area contributed by atoms with E-state index in [1.54, 1.807) is 12.1 Å². The molecule has 6 heteroatoms. The molecule has 0 aliphatic rings. The summed E-state index contributed by atoms with van der Waals surface area (Å²) < 4.78 is 18.6. The van der Waals surface area contributed by atoms with Crippen molar-refractivity contribution in [2.75, 3.05) is 5.32 Å². The SMILES string of the molecule is Cc1cccc(NC(=O)[C@H](C)OC(=O)/C=C/c2c(F)cccc2Cl)c1. The predicted molar refractivity (Wildman–Crippen MR) is 95.8 cm³/mol. The summed E-state index contributed by atoms with van der Waals surface area (Å²) in [6.07, 6.45) is 1.24. The lowest BCUT2D eigenvalue weighted by atomic mass is 10.2. The molecular weight excluding hydrogens is 345 g/mol. The van der Waals surface area contributed by atoms with Crippen LogP contribution in [-0.2, 0) is 14.3 Å². The maximum Gasteiger partial charge on any atom is 0.331 e. The van der Waals surface area contributed by atoms with Crippen LogP contribution in [0.3, 0.4) is 0 Å². The molecule has 2 rings (SSSR count). The summed E-state index contributed by atoms with van der Waals surface area (Å²) in [5.74, 6) is -1.79. The summed E-state index contributed by atoms with van der Waals surface area (Å²) in [6, 6.07) is 11.4. The minimum absolute atomic E-state index is 0.0815. The van der Waals surface area contributed by atoms with Crippen molar-refractivity contribution in [3.63, 3.8) is 0 Å². The summed E-state index contributed by atoms with van der Waals surface area (Å²) in [6.45, 7) is 3.35. The lowest BCUT2D eigenvalue weighted by Gasteiger charge is -2.12. The lowest BCUT2D eigenvalue weighted by molar-refractivity contribution is -0.148. The van der Waals surface area contributed by atoms with Gasteiger partial charge >= 0.3 is 5.97 Å². The first kappa shape index (κ1) is 18.7. The van der Waals surface area contributed by atoms with Gasteiger partial charge in [-0.1, -0.05) is 29.8 Å². The van der Waals surface area contributed by atoms with Crippen molar-refractivity contribution in [2.45, 2.75) is 20.0 Å². The number of ether oxygens (including phenoxy) is 1. The van der Waals surface area contributed by atoms with Crippen molar-refractivity contribution >= 4 is 35.2 Å². The number of hydrogen-bond acceptors (Lipinski definition) is 3. The Hall–Kier alpha value is -2.66. The number of nitrogens with one attached hydrogen (secondary N) is 1. The highest BCUT2D eigenvalue weighted by atomic mass is 35.5. The molecule has 0 fully saturated rings. The summed E-state index contributed by atoms with van der Waals surface area (Å²) >= 11 is 5.86. The van der Waals surface area contributed by atoms with Crippen molar-refractivity contribution < 1.29 is 18.7 Å². The molecule has 0 heterocycles. The minimum atomic E-state index is -1.01. The zero-order chi connectivity index (χ0) is 18.4. The highest BCUT2D eigenvalue weighted by Gasteiger charge is 2.17. The average molecular weight is 362 g/mol. The molecule has 4 nitrogen and oxygen atoms in total. The van der Waals surface area contributed by atoms with Crippen LogP contribution in [0.2, 0.25) is 5.02 Å². The largest absolute Gasteiger partial charge is 0.449 e. The molecule has 0 radical (unpaired) electrons. The van der Waals surface area contributed by atoms with Gasteiger partial charge in [-0.3, -0.25) is 4.79 Å². The highest BCUT2D eigenvalue weighted by Crippen LogP contribution is 2.20. The Labute approximate surface area is 150 Å². The molecule has 0 spiro atoms. The third kappa shape index (κ3) is 5.43. The van der Waals surface area contributed by atoms with Crippen LogP contribution in [0.1, 0.15) is 18.1 Å². The second-order valence-corrected chi connectivity index (χ2v) is 5.81. The van der Waals surface area contributed by atoms with Gasteiger partial charge in [-0.15, -0.1) is 0 Å². The van der Waals surface area contributed by atoms with Crippen LogP contribution in [0.15, 0.2) is 48.5 Å². The molecule has 1 amide bonds. The Bertz CT molecular complexity index is 800. The molecule has 0 aromatic heterocycles. The predicted octanol–water partition coefficient (Wildman–Crippen LogP) is 4.37. The van der Waals surface area contributed by atoms with Gasteiger partial charge in [-0.25, -0.2) is 9.18 Å². The molecule has 25 heavy (non-hydrogen) atoms. The Balaban J connectivity index is 1.95. The van der Waals surface area contributed by atoms with E-state index in [1.165, 1.54) is 31.2 Å². The van der Waals surface area contributed by atoms with Gasteiger partial charge in [0, 0.05) is 17.3 Å². The fourth-order valence-electron chi connectivity index (χ4n) is 2.06. The molecule has 2 aromatic carbocycles. The molecule has 0 bridgehead atoms. The zero-order valence-electron chi connectivity index (χ0n) is 13.8. The van der Waals surface area contributed by atoms with Gasteiger partial charge in [0.1, 0.15) is 5.82 Å².